The Hall–Kier alpha value is -1.56. The van der Waals surface area contributed by atoms with Gasteiger partial charge in [0, 0.05) is 4.11 Å². The molecule has 0 heterocycles. The third-order valence-electron chi connectivity index (χ3n) is 4.23. The van der Waals surface area contributed by atoms with Crippen LogP contribution >= 0.6 is 0 Å². The summed E-state index contributed by atoms with van der Waals surface area (Å²) in [4.78, 5) is 0. The second kappa shape index (κ2) is 5.57. The minimum absolute atomic E-state index is 0.0303. The first-order chi connectivity index (χ1) is 11.2. The van der Waals surface area contributed by atoms with Crippen LogP contribution in [0.1, 0.15) is 67.9 Å². The predicted octanol–water partition coefficient (Wildman–Crippen LogP) is 6.57. The molecule has 118 valence electrons. The fourth-order valence-corrected chi connectivity index (χ4v) is 2.90. The molecule has 0 saturated heterocycles. The van der Waals surface area contributed by atoms with Crippen LogP contribution in [0.25, 0.3) is 11.1 Å². The highest BCUT2D eigenvalue weighted by Gasteiger charge is 2.19. The summed E-state index contributed by atoms with van der Waals surface area (Å²) in [7, 11) is 0. The molecule has 0 nitrogen and oxygen atoms in total. The van der Waals surface area contributed by atoms with Gasteiger partial charge in [0.05, 0.1) is 0 Å². The first-order valence-electron chi connectivity index (χ1n) is 9.48. The van der Waals surface area contributed by atoms with E-state index in [1.54, 1.807) is 0 Å². The Kier molecular flexibility index (Phi) is 3.28. The fourth-order valence-electron chi connectivity index (χ4n) is 2.90. The molecule has 0 aromatic heterocycles. The minimum atomic E-state index is -2.13. The van der Waals surface area contributed by atoms with Crippen molar-refractivity contribution in [2.45, 2.75) is 66.1 Å². The summed E-state index contributed by atoms with van der Waals surface area (Å²) in [6.45, 7) is 12.9. The minimum Gasteiger partial charge on any atom is -0.0579 e. The van der Waals surface area contributed by atoms with Crippen LogP contribution in [0.5, 0.6) is 0 Å². The molecule has 0 bridgehead atoms. The molecule has 0 aliphatic heterocycles. The van der Waals surface area contributed by atoms with Gasteiger partial charge in [-0.3, -0.25) is 0 Å². The van der Waals surface area contributed by atoms with E-state index in [0.29, 0.717) is 5.56 Å². The van der Waals surface area contributed by atoms with Crippen molar-refractivity contribution in [1.82, 2.24) is 0 Å². The van der Waals surface area contributed by atoms with Gasteiger partial charge < -0.3 is 0 Å². The molecule has 0 saturated carbocycles. The van der Waals surface area contributed by atoms with E-state index < -0.39 is 6.85 Å². The molecule has 0 atom stereocenters. The number of hydrogen-bond acceptors (Lipinski definition) is 0. The van der Waals surface area contributed by atoms with Crippen molar-refractivity contribution in [2.24, 2.45) is 0 Å². The lowest BCUT2D eigenvalue weighted by molar-refractivity contribution is 0.586. The molecular weight excluding hydrogens is 264 g/mol. The van der Waals surface area contributed by atoms with Crippen molar-refractivity contribution >= 4 is 0 Å². The maximum absolute atomic E-state index is 7.96. The number of aryl methyl sites for hydroxylation is 2. The van der Waals surface area contributed by atoms with Crippen LogP contribution in [-0.4, -0.2) is 0 Å². The molecule has 2 rings (SSSR count). The summed E-state index contributed by atoms with van der Waals surface area (Å²) in [5.74, 6) is 0. The highest BCUT2D eigenvalue weighted by molar-refractivity contribution is 5.69. The molecule has 2 aromatic carbocycles. The Morgan fingerprint density at radius 2 is 1.36 bits per heavy atom. The lowest BCUT2D eigenvalue weighted by Gasteiger charge is -2.24. The molecule has 0 unspecified atom stereocenters. The molecule has 0 spiro atoms. The Bertz CT molecular complexity index is 752. The van der Waals surface area contributed by atoms with Crippen LogP contribution in [0.4, 0.5) is 0 Å². The van der Waals surface area contributed by atoms with Crippen LogP contribution in [0.3, 0.4) is 0 Å². The molecule has 22 heavy (non-hydrogen) atoms. The largest absolute Gasteiger partial charge is 0.0579 e. The van der Waals surface area contributed by atoms with Crippen LogP contribution in [0, 0.1) is 13.8 Å². The lowest BCUT2D eigenvalue weighted by atomic mass is 9.81. The van der Waals surface area contributed by atoms with Crippen LogP contribution in [-0.2, 0) is 10.8 Å². The molecule has 2 aromatic rings. The zero-order valence-electron chi connectivity index (χ0n) is 18.0. The fraction of sp³-hybridized carbons (Fsp3) is 0.455. The summed E-state index contributed by atoms with van der Waals surface area (Å²) in [5.41, 5.74) is 5.73. The van der Waals surface area contributed by atoms with Gasteiger partial charge in [0.15, 0.2) is 0 Å². The van der Waals surface area contributed by atoms with E-state index in [4.69, 9.17) is 4.11 Å². The predicted molar refractivity (Wildman–Crippen MR) is 98.8 cm³/mol. The standard InChI is InChI=1S/C22H30/c1-15-13-16(2)20(22(6,7)8)14-19(15)17-9-11-18(12-10-17)21(3,4)5/h9-14H,1-8H3/i1D3. The quantitative estimate of drug-likeness (QED) is 0.558. The van der Waals surface area contributed by atoms with E-state index >= 15 is 0 Å². The van der Waals surface area contributed by atoms with Gasteiger partial charge in [-0.15, -0.1) is 0 Å². The summed E-state index contributed by atoms with van der Waals surface area (Å²) in [5, 5.41) is 0. The first kappa shape index (κ1) is 12.9. The van der Waals surface area contributed by atoms with E-state index in [2.05, 4.69) is 59.7 Å². The van der Waals surface area contributed by atoms with Gasteiger partial charge >= 0.3 is 0 Å². The Labute approximate surface area is 140 Å². The van der Waals surface area contributed by atoms with Gasteiger partial charge in [-0.1, -0.05) is 77.9 Å². The van der Waals surface area contributed by atoms with Gasteiger partial charge in [-0.2, -0.15) is 0 Å². The van der Waals surface area contributed by atoms with Crippen LogP contribution < -0.4 is 0 Å². The van der Waals surface area contributed by atoms with Gasteiger partial charge in [0.2, 0.25) is 0 Å². The number of benzene rings is 2. The summed E-state index contributed by atoms with van der Waals surface area (Å²) in [6.07, 6.45) is 0. The topological polar surface area (TPSA) is 0 Å². The van der Waals surface area contributed by atoms with Crippen molar-refractivity contribution in [3.63, 3.8) is 0 Å². The van der Waals surface area contributed by atoms with E-state index in [9.17, 15) is 0 Å². The third-order valence-corrected chi connectivity index (χ3v) is 4.23. The smallest absolute Gasteiger partial charge is 0.0280 e. The number of hydrogen-bond donors (Lipinski definition) is 0. The second-order valence-electron chi connectivity index (χ2n) is 8.29. The Morgan fingerprint density at radius 1 is 0.773 bits per heavy atom. The SMILES string of the molecule is [2H]C([2H])([2H])c1cc(C)c(C(C)(C)C)cc1-c1ccc(C(C)(C)C)cc1. The maximum atomic E-state index is 7.96. The average Bonchev–Trinajstić information content (AvgIpc) is 2.44. The summed E-state index contributed by atoms with van der Waals surface area (Å²) in [6, 6.07) is 12.2. The summed E-state index contributed by atoms with van der Waals surface area (Å²) >= 11 is 0. The monoisotopic (exact) mass is 297 g/mol. The van der Waals surface area contributed by atoms with Gasteiger partial charge in [0.25, 0.3) is 0 Å². The molecular formula is C22H30. The first-order valence-corrected chi connectivity index (χ1v) is 7.98. The van der Waals surface area contributed by atoms with Crippen LogP contribution in [0.2, 0.25) is 0 Å². The van der Waals surface area contributed by atoms with E-state index in [0.717, 1.165) is 16.7 Å². The van der Waals surface area contributed by atoms with Crippen molar-refractivity contribution in [1.29, 1.82) is 0 Å². The highest BCUT2D eigenvalue weighted by atomic mass is 14.2. The van der Waals surface area contributed by atoms with Crippen molar-refractivity contribution in [3.8, 4) is 11.1 Å². The van der Waals surface area contributed by atoms with Gasteiger partial charge in [-0.05, 0) is 58.0 Å². The lowest BCUT2D eigenvalue weighted by Crippen LogP contribution is -2.13. The highest BCUT2D eigenvalue weighted by Crippen LogP contribution is 2.33. The molecule has 0 heteroatoms. The molecule has 0 radical (unpaired) electrons. The molecule has 0 aliphatic rings. The van der Waals surface area contributed by atoms with E-state index in [-0.39, 0.29) is 10.8 Å². The molecule has 0 fully saturated rings. The van der Waals surface area contributed by atoms with E-state index in [1.807, 2.05) is 25.1 Å². The summed E-state index contributed by atoms with van der Waals surface area (Å²) < 4.78 is 23.9. The second-order valence-corrected chi connectivity index (χ2v) is 8.29. The third kappa shape index (κ3) is 3.43. The number of rotatable bonds is 1. The average molecular weight is 298 g/mol. The molecule has 0 aliphatic carbocycles. The molecule has 0 amide bonds. The van der Waals surface area contributed by atoms with Crippen molar-refractivity contribution in [2.75, 3.05) is 0 Å². The maximum Gasteiger partial charge on any atom is 0.0280 e. The van der Waals surface area contributed by atoms with Crippen LogP contribution in [0.15, 0.2) is 36.4 Å². The van der Waals surface area contributed by atoms with Gasteiger partial charge in [-0.25, -0.2) is 0 Å². The van der Waals surface area contributed by atoms with E-state index in [1.165, 1.54) is 11.1 Å². The van der Waals surface area contributed by atoms with Crippen molar-refractivity contribution in [3.05, 3.63) is 58.7 Å². The zero-order valence-corrected chi connectivity index (χ0v) is 15.0. The molecule has 0 N–H and O–H groups in total. The van der Waals surface area contributed by atoms with Crippen molar-refractivity contribution < 1.29 is 4.11 Å². The zero-order chi connectivity index (χ0) is 19.2. The Morgan fingerprint density at radius 3 is 1.82 bits per heavy atom. The van der Waals surface area contributed by atoms with Gasteiger partial charge in [0.1, 0.15) is 0 Å². The Balaban J connectivity index is 2.70. The normalized spacial score (nSPS) is 15.1.